The van der Waals surface area contributed by atoms with Gasteiger partial charge in [-0.25, -0.2) is 13.1 Å². The number of carbonyl (C=O) groups is 1. The summed E-state index contributed by atoms with van der Waals surface area (Å²) in [6, 6.07) is 12.8. The Morgan fingerprint density at radius 3 is 2.24 bits per heavy atom. The SMILES string of the molecule is Cc1cccc(C(C)C)c1NC(=O)CCc1ccc(S(=O)(=O)NCC(C)C)cc1. The van der Waals surface area contributed by atoms with Crippen molar-refractivity contribution in [1.29, 1.82) is 0 Å². The van der Waals surface area contributed by atoms with Gasteiger partial charge in [-0.3, -0.25) is 4.79 Å². The fraction of sp³-hybridized carbons (Fsp3) is 0.435. The highest BCUT2D eigenvalue weighted by Crippen LogP contribution is 2.27. The van der Waals surface area contributed by atoms with Crippen molar-refractivity contribution in [2.75, 3.05) is 11.9 Å². The van der Waals surface area contributed by atoms with E-state index in [1.165, 1.54) is 0 Å². The zero-order valence-corrected chi connectivity index (χ0v) is 18.8. The van der Waals surface area contributed by atoms with E-state index in [0.29, 0.717) is 25.3 Å². The van der Waals surface area contributed by atoms with Gasteiger partial charge >= 0.3 is 0 Å². The van der Waals surface area contributed by atoms with Crippen LogP contribution < -0.4 is 10.0 Å². The van der Waals surface area contributed by atoms with Gasteiger partial charge in [0.05, 0.1) is 4.90 Å². The molecule has 5 nitrogen and oxygen atoms in total. The molecule has 0 bridgehead atoms. The largest absolute Gasteiger partial charge is 0.326 e. The standard InChI is InChI=1S/C23H32N2O3S/c1-16(2)15-24-29(27,28)20-12-9-19(10-13-20)11-14-22(26)25-23-18(5)7-6-8-21(23)17(3)4/h6-10,12-13,16-17,24H,11,14-15H2,1-5H3,(H,25,26). The maximum atomic E-state index is 12.5. The molecule has 0 aliphatic rings. The molecule has 29 heavy (non-hydrogen) atoms. The highest BCUT2D eigenvalue weighted by molar-refractivity contribution is 7.89. The first kappa shape index (κ1) is 23.1. The maximum Gasteiger partial charge on any atom is 0.240 e. The molecule has 0 heterocycles. The first-order chi connectivity index (χ1) is 13.6. The van der Waals surface area contributed by atoms with Crippen LogP contribution in [0.5, 0.6) is 0 Å². The molecule has 6 heteroatoms. The number of hydrogen-bond donors (Lipinski definition) is 2. The molecule has 2 N–H and O–H groups in total. The van der Waals surface area contributed by atoms with Crippen LogP contribution in [0.1, 0.15) is 56.7 Å². The van der Waals surface area contributed by atoms with Crippen LogP contribution in [-0.2, 0) is 21.2 Å². The van der Waals surface area contributed by atoms with E-state index in [0.717, 1.165) is 22.4 Å². The highest BCUT2D eigenvalue weighted by Gasteiger charge is 2.15. The van der Waals surface area contributed by atoms with Gasteiger partial charge in [0.25, 0.3) is 0 Å². The summed E-state index contributed by atoms with van der Waals surface area (Å²) in [4.78, 5) is 12.7. The Bertz CT molecular complexity index is 933. The van der Waals surface area contributed by atoms with Crippen LogP contribution >= 0.6 is 0 Å². The number of hydrogen-bond acceptors (Lipinski definition) is 3. The molecule has 158 valence electrons. The van der Waals surface area contributed by atoms with E-state index in [1.54, 1.807) is 24.3 Å². The molecule has 2 rings (SSSR count). The first-order valence-corrected chi connectivity index (χ1v) is 11.6. The summed E-state index contributed by atoms with van der Waals surface area (Å²) in [5.74, 6) is 0.521. The second kappa shape index (κ2) is 10.0. The fourth-order valence-electron chi connectivity index (χ4n) is 3.00. The number of carbonyl (C=O) groups excluding carboxylic acids is 1. The van der Waals surface area contributed by atoms with Crippen LogP contribution in [0, 0.1) is 12.8 Å². The number of sulfonamides is 1. The van der Waals surface area contributed by atoms with Gasteiger partial charge in [0.2, 0.25) is 15.9 Å². The Morgan fingerprint density at radius 1 is 1.00 bits per heavy atom. The summed E-state index contributed by atoms with van der Waals surface area (Å²) in [6.45, 7) is 10.5. The third kappa shape index (κ3) is 6.68. The summed E-state index contributed by atoms with van der Waals surface area (Å²) < 4.78 is 27.1. The highest BCUT2D eigenvalue weighted by atomic mass is 32.2. The van der Waals surface area contributed by atoms with Crippen molar-refractivity contribution in [3.8, 4) is 0 Å². The van der Waals surface area contributed by atoms with E-state index in [9.17, 15) is 13.2 Å². The average Bonchev–Trinajstić information content (AvgIpc) is 2.66. The van der Waals surface area contributed by atoms with Crippen LogP contribution in [0.3, 0.4) is 0 Å². The molecule has 0 unspecified atom stereocenters. The molecule has 0 saturated heterocycles. The van der Waals surface area contributed by atoms with E-state index in [4.69, 9.17) is 0 Å². The third-order valence-corrected chi connectivity index (χ3v) is 6.19. The van der Waals surface area contributed by atoms with Crippen molar-refractivity contribution in [3.05, 3.63) is 59.2 Å². The van der Waals surface area contributed by atoms with Crippen molar-refractivity contribution in [1.82, 2.24) is 4.72 Å². The number of rotatable bonds is 9. The number of aryl methyl sites for hydroxylation is 2. The van der Waals surface area contributed by atoms with Crippen LogP contribution in [0.2, 0.25) is 0 Å². The lowest BCUT2D eigenvalue weighted by Gasteiger charge is -2.16. The minimum Gasteiger partial charge on any atom is -0.326 e. The predicted octanol–water partition coefficient (Wildman–Crippen LogP) is 4.62. The summed E-state index contributed by atoms with van der Waals surface area (Å²) in [5, 5.41) is 3.05. The summed E-state index contributed by atoms with van der Waals surface area (Å²) in [5.41, 5.74) is 4.00. The second-order valence-corrected chi connectivity index (χ2v) is 9.90. The molecule has 0 spiro atoms. The van der Waals surface area contributed by atoms with Crippen LogP contribution in [-0.4, -0.2) is 20.9 Å². The van der Waals surface area contributed by atoms with E-state index in [1.807, 2.05) is 39.0 Å². The van der Waals surface area contributed by atoms with E-state index in [-0.39, 0.29) is 16.7 Å². The lowest BCUT2D eigenvalue weighted by atomic mass is 9.98. The van der Waals surface area contributed by atoms with Crippen molar-refractivity contribution in [3.63, 3.8) is 0 Å². The molecule has 0 aliphatic heterocycles. The van der Waals surface area contributed by atoms with Crippen molar-refractivity contribution in [2.45, 2.75) is 58.3 Å². The Hall–Kier alpha value is -2.18. The molecular weight excluding hydrogens is 384 g/mol. The monoisotopic (exact) mass is 416 g/mol. The Balaban J connectivity index is 1.98. The van der Waals surface area contributed by atoms with E-state index in [2.05, 4.69) is 23.9 Å². The Morgan fingerprint density at radius 2 is 1.66 bits per heavy atom. The molecule has 1 amide bonds. The quantitative estimate of drug-likeness (QED) is 0.626. The van der Waals surface area contributed by atoms with Gasteiger partial charge in [-0.2, -0.15) is 0 Å². The molecule has 2 aromatic carbocycles. The van der Waals surface area contributed by atoms with Gasteiger partial charge in [-0.05, 0) is 54.0 Å². The fourth-order valence-corrected chi connectivity index (χ4v) is 4.21. The van der Waals surface area contributed by atoms with Gasteiger partial charge in [0.15, 0.2) is 0 Å². The molecule has 0 fully saturated rings. The zero-order chi connectivity index (χ0) is 21.6. The third-order valence-electron chi connectivity index (χ3n) is 4.75. The minimum absolute atomic E-state index is 0.0449. The minimum atomic E-state index is -3.49. The lowest BCUT2D eigenvalue weighted by Crippen LogP contribution is -2.27. The van der Waals surface area contributed by atoms with Gasteiger partial charge in [0, 0.05) is 18.7 Å². The smallest absolute Gasteiger partial charge is 0.240 e. The molecule has 0 aromatic heterocycles. The maximum absolute atomic E-state index is 12.5. The molecule has 0 saturated carbocycles. The zero-order valence-electron chi connectivity index (χ0n) is 18.0. The predicted molar refractivity (Wildman–Crippen MR) is 119 cm³/mol. The van der Waals surface area contributed by atoms with Crippen molar-refractivity contribution < 1.29 is 13.2 Å². The number of anilines is 1. The average molecular weight is 417 g/mol. The Kier molecular flexibility index (Phi) is 7.99. The van der Waals surface area contributed by atoms with E-state index < -0.39 is 10.0 Å². The molecule has 0 atom stereocenters. The number of para-hydroxylation sites is 1. The lowest BCUT2D eigenvalue weighted by molar-refractivity contribution is -0.116. The van der Waals surface area contributed by atoms with Crippen LogP contribution in [0.4, 0.5) is 5.69 Å². The van der Waals surface area contributed by atoms with E-state index >= 15 is 0 Å². The molecular formula is C23H32N2O3S. The normalized spacial score (nSPS) is 11.8. The topological polar surface area (TPSA) is 75.3 Å². The van der Waals surface area contributed by atoms with Crippen molar-refractivity contribution >= 4 is 21.6 Å². The van der Waals surface area contributed by atoms with Gasteiger partial charge in [-0.1, -0.05) is 58.0 Å². The summed E-state index contributed by atoms with van der Waals surface area (Å²) >= 11 is 0. The number of nitrogens with one attached hydrogen (secondary N) is 2. The summed E-state index contributed by atoms with van der Waals surface area (Å²) in [7, 11) is -3.49. The van der Waals surface area contributed by atoms with Crippen molar-refractivity contribution in [2.24, 2.45) is 5.92 Å². The number of amides is 1. The van der Waals surface area contributed by atoms with Crippen LogP contribution in [0.25, 0.3) is 0 Å². The van der Waals surface area contributed by atoms with Gasteiger partial charge in [0.1, 0.15) is 0 Å². The molecule has 0 aliphatic carbocycles. The molecule has 2 aromatic rings. The first-order valence-electron chi connectivity index (χ1n) is 10.1. The molecule has 0 radical (unpaired) electrons. The summed E-state index contributed by atoms with van der Waals surface area (Å²) in [6.07, 6.45) is 0.887. The number of benzene rings is 2. The van der Waals surface area contributed by atoms with Crippen LogP contribution in [0.15, 0.2) is 47.4 Å². The Labute approximate surface area is 175 Å². The second-order valence-electron chi connectivity index (χ2n) is 8.13. The van der Waals surface area contributed by atoms with Gasteiger partial charge in [-0.15, -0.1) is 0 Å². The van der Waals surface area contributed by atoms with Gasteiger partial charge < -0.3 is 5.32 Å².